The highest BCUT2D eigenvalue weighted by Gasteiger charge is 2.40. The summed E-state index contributed by atoms with van der Waals surface area (Å²) in [5.74, 6) is 2.08. The van der Waals surface area contributed by atoms with Gasteiger partial charge in [-0.2, -0.15) is 0 Å². The van der Waals surface area contributed by atoms with Gasteiger partial charge in [-0.25, -0.2) is 19.6 Å². The Labute approximate surface area is 374 Å². The molecule has 336 valence electrons. The summed E-state index contributed by atoms with van der Waals surface area (Å²) in [6.45, 7) is 8.89. The molecule has 2 aromatic heterocycles. The topological polar surface area (TPSA) is 175 Å². The molecule has 2 bridgehead atoms. The van der Waals surface area contributed by atoms with Crippen LogP contribution in [-0.4, -0.2) is 93.1 Å². The van der Waals surface area contributed by atoms with Crippen LogP contribution in [0.5, 0.6) is 0 Å². The second-order valence-electron chi connectivity index (χ2n) is 18.7. The van der Waals surface area contributed by atoms with E-state index in [9.17, 15) is 19.2 Å². The number of nitrogens with zero attached hydrogens (tertiary/aromatic N) is 4. The van der Waals surface area contributed by atoms with Gasteiger partial charge in [0.2, 0.25) is 11.8 Å². The molecule has 10 rings (SSSR count). The number of rotatable bonds is 11. The fraction of sp³-hybridized carbons (Fsp3) is 0.480. The molecule has 4 heterocycles. The van der Waals surface area contributed by atoms with Crippen LogP contribution >= 0.6 is 0 Å². The van der Waals surface area contributed by atoms with Crippen molar-refractivity contribution in [3.63, 3.8) is 0 Å². The molecule has 3 fully saturated rings. The summed E-state index contributed by atoms with van der Waals surface area (Å²) in [5.41, 5.74) is 11.6. The Morgan fingerprint density at radius 1 is 0.641 bits per heavy atom. The fourth-order valence-electron chi connectivity index (χ4n) is 10.9. The quantitative estimate of drug-likeness (QED) is 0.102. The van der Waals surface area contributed by atoms with E-state index in [1.54, 1.807) is 0 Å². The van der Waals surface area contributed by atoms with Gasteiger partial charge >= 0.3 is 12.2 Å². The number of hydrogen-bond donors (Lipinski definition) is 4. The molecule has 4 N–H and O–H groups in total. The minimum atomic E-state index is -0.687. The number of carbonyl (C=O) groups excluding carboxylic acids is 4. The van der Waals surface area contributed by atoms with Crippen LogP contribution in [-0.2, 0) is 19.1 Å². The lowest BCUT2D eigenvalue weighted by Gasteiger charge is -2.41. The Bertz CT molecular complexity index is 2550. The van der Waals surface area contributed by atoms with Crippen molar-refractivity contribution < 1.29 is 28.7 Å². The highest BCUT2D eigenvalue weighted by Crippen LogP contribution is 2.55. The summed E-state index contributed by atoms with van der Waals surface area (Å²) < 4.78 is 9.62. The summed E-state index contributed by atoms with van der Waals surface area (Å²) in [5, 5.41) is 5.47. The number of hydrogen-bond acceptors (Lipinski definition) is 8. The third-order valence-electron chi connectivity index (χ3n) is 14.2. The minimum Gasteiger partial charge on any atom is -0.453 e. The number of amides is 4. The molecular formula is C50H60N8O6. The van der Waals surface area contributed by atoms with Crippen LogP contribution in [0.2, 0.25) is 0 Å². The molecule has 3 aliphatic carbocycles. The van der Waals surface area contributed by atoms with E-state index in [1.807, 2.05) is 43.7 Å². The number of nitrogens with one attached hydrogen (secondary N) is 4. The summed E-state index contributed by atoms with van der Waals surface area (Å²) in [6.07, 6.45) is 8.72. The number of aromatic amines is 2. The Morgan fingerprint density at radius 2 is 1.14 bits per heavy atom. The van der Waals surface area contributed by atoms with Crippen LogP contribution in [0, 0.1) is 11.8 Å². The van der Waals surface area contributed by atoms with E-state index in [-0.39, 0.29) is 35.7 Å². The SMILES string of the molecule is COC(=O)N[C@H](C(=O)N1CCC[C@H]1c1ncc(-c2ccc(-c3ccc(-c4ccc5nc([C@@H]6CCCN6C(=O)[C@@H](NC(=O)OC)C(C)C)[nH]c5c4)c4c3C3CCC4CC3)cc2)[nH]1)C(C)C. The molecule has 5 aromatic rings. The first-order chi connectivity index (χ1) is 30.9. The maximum Gasteiger partial charge on any atom is 0.407 e. The van der Waals surface area contributed by atoms with Gasteiger partial charge in [0.1, 0.15) is 23.7 Å². The molecule has 4 amide bonds. The number of methoxy groups -OCH3 is 2. The van der Waals surface area contributed by atoms with E-state index in [4.69, 9.17) is 19.4 Å². The van der Waals surface area contributed by atoms with E-state index >= 15 is 0 Å². The number of H-pyrrole nitrogens is 2. The zero-order valence-electron chi connectivity index (χ0n) is 37.7. The van der Waals surface area contributed by atoms with Gasteiger partial charge in [0, 0.05) is 13.1 Å². The number of aromatic nitrogens is 4. The summed E-state index contributed by atoms with van der Waals surface area (Å²) in [7, 11) is 2.61. The van der Waals surface area contributed by atoms with Crippen molar-refractivity contribution in [3.8, 4) is 33.5 Å². The number of imidazole rings is 2. The highest BCUT2D eigenvalue weighted by molar-refractivity contribution is 5.89. The van der Waals surface area contributed by atoms with E-state index < -0.39 is 24.3 Å². The number of carbonyl (C=O) groups is 4. The van der Waals surface area contributed by atoms with Gasteiger partial charge in [0.05, 0.1) is 49.2 Å². The first kappa shape index (κ1) is 43.1. The lowest BCUT2D eigenvalue weighted by molar-refractivity contribution is -0.136. The number of likely N-dealkylation sites (tertiary alicyclic amines) is 2. The molecule has 1 saturated carbocycles. The van der Waals surface area contributed by atoms with Crippen LogP contribution < -0.4 is 10.6 Å². The molecule has 5 aliphatic rings. The normalized spacial score (nSPS) is 21.3. The van der Waals surface area contributed by atoms with Gasteiger partial charge in [-0.3, -0.25) is 9.59 Å². The molecule has 14 heteroatoms. The predicted molar refractivity (Wildman–Crippen MR) is 244 cm³/mol. The average Bonchev–Trinajstić information content (AvgIpc) is 4.16. The standard InChI is InChI=1S/C50H60N8O6/c1-27(2)43(55-49(61)63-5)47(59)57-23-7-9-39(57)45-51-26-38(54-45)30-13-11-29(12-14-30)34-20-21-35(42-32-17-15-31(16-18-32)41(34)42)33-19-22-36-37(25-33)53-46(52-36)40-10-8-24-58(40)48(60)44(28(3)4)56-50(62)64-6/h11-14,19-22,25-28,31-32,39-40,43-44H,7-10,15-18,23-24H2,1-6H3,(H,51,54)(H,52,53)(H,55,61)(H,56,62)/t31?,32?,39-,40-,43-,44-/m0/s1. The van der Waals surface area contributed by atoms with E-state index in [0.717, 1.165) is 65.2 Å². The van der Waals surface area contributed by atoms with Gasteiger partial charge in [0.25, 0.3) is 0 Å². The van der Waals surface area contributed by atoms with Crippen molar-refractivity contribution in [2.24, 2.45) is 11.8 Å². The van der Waals surface area contributed by atoms with Crippen LogP contribution in [0.25, 0.3) is 44.5 Å². The van der Waals surface area contributed by atoms with Crippen molar-refractivity contribution in [2.75, 3.05) is 27.3 Å². The van der Waals surface area contributed by atoms with Crippen LogP contribution in [0.15, 0.2) is 60.8 Å². The van der Waals surface area contributed by atoms with Crippen molar-refractivity contribution in [3.05, 3.63) is 83.6 Å². The van der Waals surface area contributed by atoms with Crippen LogP contribution in [0.3, 0.4) is 0 Å². The Kier molecular flexibility index (Phi) is 12.0. The second-order valence-corrected chi connectivity index (χ2v) is 18.7. The molecule has 2 saturated heterocycles. The number of ether oxygens (including phenoxy) is 2. The maximum atomic E-state index is 13.8. The largest absolute Gasteiger partial charge is 0.453 e. The molecule has 14 nitrogen and oxygen atoms in total. The molecule has 2 aliphatic heterocycles. The van der Waals surface area contributed by atoms with E-state index in [1.165, 1.54) is 67.7 Å². The van der Waals surface area contributed by atoms with Crippen LogP contribution in [0.1, 0.15) is 126 Å². The van der Waals surface area contributed by atoms with E-state index in [0.29, 0.717) is 24.9 Å². The highest BCUT2D eigenvalue weighted by atomic mass is 16.5. The van der Waals surface area contributed by atoms with Crippen molar-refractivity contribution >= 4 is 35.0 Å². The maximum absolute atomic E-state index is 13.8. The fourth-order valence-corrected chi connectivity index (χ4v) is 10.9. The lowest BCUT2D eigenvalue weighted by Crippen LogP contribution is -2.51. The molecule has 0 radical (unpaired) electrons. The average molecular weight is 869 g/mol. The molecular weight excluding hydrogens is 809 g/mol. The third kappa shape index (κ3) is 8.00. The Morgan fingerprint density at radius 3 is 1.67 bits per heavy atom. The van der Waals surface area contributed by atoms with Gasteiger partial charge < -0.3 is 39.9 Å². The first-order valence-electron chi connectivity index (χ1n) is 23.1. The van der Waals surface area contributed by atoms with E-state index in [2.05, 4.69) is 75.2 Å². The molecule has 64 heavy (non-hydrogen) atoms. The summed E-state index contributed by atoms with van der Waals surface area (Å²) in [6, 6.07) is 18.1. The predicted octanol–water partition coefficient (Wildman–Crippen LogP) is 9.13. The lowest BCUT2D eigenvalue weighted by atomic mass is 9.63. The molecule has 4 atom stereocenters. The zero-order valence-corrected chi connectivity index (χ0v) is 37.7. The number of fused-ring (bicyclic) bond motifs is 3. The summed E-state index contributed by atoms with van der Waals surface area (Å²) in [4.78, 5) is 72.3. The Balaban J connectivity index is 0.963. The third-order valence-corrected chi connectivity index (χ3v) is 14.2. The molecule has 3 aromatic carbocycles. The van der Waals surface area contributed by atoms with Gasteiger partial charge in [-0.1, -0.05) is 70.2 Å². The zero-order chi connectivity index (χ0) is 44.8. The van der Waals surface area contributed by atoms with Crippen molar-refractivity contribution in [2.45, 2.75) is 115 Å². The van der Waals surface area contributed by atoms with Gasteiger partial charge in [-0.05, 0) is 126 Å². The van der Waals surface area contributed by atoms with Gasteiger partial charge in [-0.15, -0.1) is 0 Å². The smallest absolute Gasteiger partial charge is 0.407 e. The summed E-state index contributed by atoms with van der Waals surface area (Å²) >= 11 is 0. The second kappa shape index (κ2) is 17.8. The van der Waals surface area contributed by atoms with Crippen molar-refractivity contribution in [1.82, 2.24) is 40.4 Å². The number of alkyl carbamates (subject to hydrolysis) is 2. The number of benzene rings is 3. The van der Waals surface area contributed by atoms with Crippen LogP contribution in [0.4, 0.5) is 9.59 Å². The molecule has 0 spiro atoms. The first-order valence-corrected chi connectivity index (χ1v) is 23.1. The Hall–Kier alpha value is -6.18. The van der Waals surface area contributed by atoms with Gasteiger partial charge in [0.15, 0.2) is 0 Å². The monoisotopic (exact) mass is 868 g/mol. The van der Waals surface area contributed by atoms with Crippen molar-refractivity contribution in [1.29, 1.82) is 0 Å². The molecule has 0 unspecified atom stereocenters. The minimum absolute atomic E-state index is 0.103.